The van der Waals surface area contributed by atoms with Gasteiger partial charge in [-0.3, -0.25) is 15.4 Å². The van der Waals surface area contributed by atoms with Crippen LogP contribution in [-0.4, -0.2) is 33.8 Å². The molecule has 0 aromatic heterocycles. The quantitative estimate of drug-likeness (QED) is 0.223. The number of ether oxygens (including phenoxy) is 2. The summed E-state index contributed by atoms with van der Waals surface area (Å²) in [5.74, 6) is -0.528. The average molecular weight is 563 g/mol. The number of hydrogen-bond donors (Lipinski definition) is 3. The van der Waals surface area contributed by atoms with E-state index < -0.39 is 29.6 Å². The summed E-state index contributed by atoms with van der Waals surface area (Å²) in [7, 11) is -1.68. The zero-order chi connectivity index (χ0) is 26.9. The van der Waals surface area contributed by atoms with Crippen LogP contribution in [0.5, 0.6) is 5.75 Å². The summed E-state index contributed by atoms with van der Waals surface area (Å²) in [6.07, 6.45) is -0.729. The van der Waals surface area contributed by atoms with Gasteiger partial charge in [0.2, 0.25) is 0 Å². The fraction of sp³-hybridized carbons (Fsp3) is 0.208. The van der Waals surface area contributed by atoms with Gasteiger partial charge in [0.15, 0.2) is 11.6 Å². The van der Waals surface area contributed by atoms with Crippen LogP contribution in [0.15, 0.2) is 71.2 Å². The van der Waals surface area contributed by atoms with Gasteiger partial charge in [-0.05, 0) is 56.1 Å². The number of carbonyl (C=O) groups is 1. The van der Waals surface area contributed by atoms with Crippen molar-refractivity contribution in [3.05, 3.63) is 92.7 Å². The maximum atomic E-state index is 13.6. The van der Waals surface area contributed by atoms with E-state index in [0.717, 1.165) is 11.6 Å². The lowest BCUT2D eigenvalue weighted by molar-refractivity contribution is -0.384. The molecule has 0 unspecified atom stereocenters. The van der Waals surface area contributed by atoms with Gasteiger partial charge in [0, 0.05) is 10.5 Å². The second kappa shape index (κ2) is 13.0. The highest BCUT2D eigenvalue weighted by Crippen LogP contribution is 2.28. The fourth-order valence-corrected chi connectivity index (χ4v) is 3.05. The molecule has 0 fully saturated rings. The van der Waals surface area contributed by atoms with Gasteiger partial charge in [-0.1, -0.05) is 52.3 Å². The first-order valence-electron chi connectivity index (χ1n) is 10.6. The predicted octanol–water partition coefficient (Wildman–Crippen LogP) is 4.79. The summed E-state index contributed by atoms with van der Waals surface area (Å²) in [6, 6.07) is 17.6. The molecule has 3 aromatic carbocycles. The molecule has 9 nitrogen and oxygen atoms in total. The van der Waals surface area contributed by atoms with E-state index in [4.69, 9.17) is 19.5 Å². The molecule has 0 aliphatic rings. The van der Waals surface area contributed by atoms with Gasteiger partial charge in [0.1, 0.15) is 17.9 Å². The molecule has 3 aromatic rings. The van der Waals surface area contributed by atoms with Crippen LogP contribution < -0.4 is 15.5 Å². The van der Waals surface area contributed by atoms with Crippen LogP contribution in [0, 0.1) is 15.9 Å². The van der Waals surface area contributed by atoms with E-state index in [1.807, 2.05) is 30.3 Å². The molecule has 0 bridgehead atoms. The van der Waals surface area contributed by atoms with Crippen LogP contribution in [-0.2, 0) is 11.3 Å². The van der Waals surface area contributed by atoms with Gasteiger partial charge in [0.25, 0.3) is 5.69 Å². The molecule has 0 aliphatic carbocycles. The van der Waals surface area contributed by atoms with Gasteiger partial charge >= 0.3 is 13.2 Å². The molecule has 0 spiro atoms. The number of nitrogens with zero attached hydrogens (tertiary/aromatic N) is 1. The number of halogens is 2. The van der Waals surface area contributed by atoms with Crippen molar-refractivity contribution >= 4 is 46.0 Å². The van der Waals surface area contributed by atoms with Crippen molar-refractivity contribution in [1.29, 1.82) is 0 Å². The third-order valence-electron chi connectivity index (χ3n) is 4.28. The maximum absolute atomic E-state index is 13.6. The van der Waals surface area contributed by atoms with Crippen LogP contribution in [0.4, 0.5) is 20.6 Å². The SMILES string of the molecule is CC(C)(C)OC(=O)Nc1ccc(Br)cc1[N+](=O)[O-].OB(O)c1ccc(OCc2ccccc2)c(F)c1. The number of rotatable bonds is 6. The number of carbonyl (C=O) groups excluding carboxylic acids is 1. The average Bonchev–Trinajstić information content (AvgIpc) is 2.79. The van der Waals surface area contributed by atoms with E-state index in [9.17, 15) is 19.3 Å². The summed E-state index contributed by atoms with van der Waals surface area (Å²) in [5, 5.41) is 31.0. The highest BCUT2D eigenvalue weighted by atomic mass is 79.9. The summed E-state index contributed by atoms with van der Waals surface area (Å²) >= 11 is 3.13. The summed E-state index contributed by atoms with van der Waals surface area (Å²) in [5.41, 5.74) is 0.268. The smallest absolute Gasteiger partial charge is 0.486 e. The lowest BCUT2D eigenvalue weighted by Gasteiger charge is -2.19. The summed E-state index contributed by atoms with van der Waals surface area (Å²) in [6.45, 7) is 5.40. The summed E-state index contributed by atoms with van der Waals surface area (Å²) in [4.78, 5) is 21.8. The monoisotopic (exact) mass is 562 g/mol. The van der Waals surface area contributed by atoms with Crippen molar-refractivity contribution in [2.75, 3.05) is 5.32 Å². The Hall–Kier alpha value is -3.48. The lowest BCUT2D eigenvalue weighted by atomic mass is 9.80. The van der Waals surface area contributed by atoms with Gasteiger partial charge in [0.05, 0.1) is 4.92 Å². The van der Waals surface area contributed by atoms with Crippen LogP contribution in [0.2, 0.25) is 0 Å². The van der Waals surface area contributed by atoms with Crippen molar-refractivity contribution in [2.24, 2.45) is 0 Å². The fourth-order valence-electron chi connectivity index (χ4n) is 2.71. The number of anilines is 1. The van der Waals surface area contributed by atoms with Crippen LogP contribution in [0.1, 0.15) is 26.3 Å². The highest BCUT2D eigenvalue weighted by Gasteiger charge is 2.20. The Labute approximate surface area is 216 Å². The first kappa shape index (κ1) is 28.8. The van der Waals surface area contributed by atoms with Crippen LogP contribution >= 0.6 is 15.9 Å². The van der Waals surface area contributed by atoms with Gasteiger partial charge in [-0.25, -0.2) is 9.18 Å². The zero-order valence-corrected chi connectivity index (χ0v) is 21.4. The molecule has 0 heterocycles. The largest absolute Gasteiger partial charge is 0.488 e. The first-order valence-corrected chi connectivity index (χ1v) is 11.4. The second-order valence-electron chi connectivity index (χ2n) is 8.38. The molecule has 0 saturated heterocycles. The molecule has 0 saturated carbocycles. The molecule has 36 heavy (non-hydrogen) atoms. The standard InChI is InChI=1S/C13H12BFO3.C11H13BrN2O4/c15-12-8-11(14(16)17)6-7-13(12)18-9-10-4-2-1-3-5-10;1-11(2,3)18-10(15)13-8-5-4-7(12)6-9(8)14(16)17/h1-8,16-17H,9H2;4-6H,1-3H3,(H,13,15). The molecule has 12 heteroatoms. The Morgan fingerprint density at radius 3 is 2.33 bits per heavy atom. The second-order valence-corrected chi connectivity index (χ2v) is 9.30. The normalized spacial score (nSPS) is 10.5. The topological polar surface area (TPSA) is 131 Å². The van der Waals surface area contributed by atoms with Crippen LogP contribution in [0.25, 0.3) is 0 Å². The molecular weight excluding hydrogens is 538 g/mol. The number of hydrogen-bond acceptors (Lipinski definition) is 7. The summed E-state index contributed by atoms with van der Waals surface area (Å²) < 4.78 is 24.5. The Bertz CT molecular complexity index is 1190. The van der Waals surface area contributed by atoms with E-state index in [-0.39, 0.29) is 29.2 Å². The van der Waals surface area contributed by atoms with Gasteiger partial charge in [-0.15, -0.1) is 0 Å². The number of amides is 1. The molecule has 3 rings (SSSR count). The number of nitrogens with one attached hydrogen (secondary N) is 1. The van der Waals surface area contributed by atoms with E-state index in [0.29, 0.717) is 4.47 Å². The number of nitro benzene ring substituents is 1. The number of nitro groups is 1. The molecule has 1 amide bonds. The van der Waals surface area contributed by atoms with E-state index >= 15 is 0 Å². The van der Waals surface area contributed by atoms with Crippen molar-refractivity contribution in [2.45, 2.75) is 33.0 Å². The van der Waals surface area contributed by atoms with Crippen molar-refractivity contribution in [3.8, 4) is 5.75 Å². The lowest BCUT2D eigenvalue weighted by Crippen LogP contribution is -2.29. The van der Waals surface area contributed by atoms with Crippen molar-refractivity contribution in [1.82, 2.24) is 0 Å². The molecule has 0 atom stereocenters. The molecule has 3 N–H and O–H groups in total. The first-order chi connectivity index (χ1) is 16.9. The Balaban J connectivity index is 0.000000254. The van der Waals surface area contributed by atoms with E-state index in [1.165, 1.54) is 24.3 Å². The molecule has 190 valence electrons. The minimum Gasteiger partial charge on any atom is -0.486 e. The Morgan fingerprint density at radius 2 is 1.78 bits per heavy atom. The Kier molecular flexibility index (Phi) is 10.4. The van der Waals surface area contributed by atoms with Crippen LogP contribution in [0.3, 0.4) is 0 Å². The van der Waals surface area contributed by atoms with Crippen molar-refractivity contribution in [3.63, 3.8) is 0 Å². The minimum absolute atomic E-state index is 0.0863. The highest BCUT2D eigenvalue weighted by molar-refractivity contribution is 9.10. The maximum Gasteiger partial charge on any atom is 0.488 e. The van der Waals surface area contributed by atoms with E-state index in [2.05, 4.69) is 21.2 Å². The van der Waals surface area contributed by atoms with E-state index in [1.54, 1.807) is 26.8 Å². The van der Waals surface area contributed by atoms with Crippen molar-refractivity contribution < 1.29 is 33.6 Å². The molecule has 0 aliphatic heterocycles. The predicted molar refractivity (Wildman–Crippen MR) is 138 cm³/mol. The zero-order valence-electron chi connectivity index (χ0n) is 19.8. The van der Waals surface area contributed by atoms with Gasteiger partial charge in [-0.2, -0.15) is 0 Å². The molecular formula is C24H25BBrFN2O7. The van der Waals surface area contributed by atoms with Gasteiger partial charge < -0.3 is 19.5 Å². The minimum atomic E-state index is -1.68. The third-order valence-corrected chi connectivity index (χ3v) is 4.78. The molecule has 0 radical (unpaired) electrons. The number of benzene rings is 3. The third kappa shape index (κ3) is 9.64. The Morgan fingerprint density at radius 1 is 1.11 bits per heavy atom.